The minimum atomic E-state index is -0.119. The number of benzene rings is 1. The van der Waals surface area contributed by atoms with Gasteiger partial charge in [-0.25, -0.2) is 4.98 Å². The van der Waals surface area contributed by atoms with Crippen LogP contribution in [0, 0.1) is 0 Å². The van der Waals surface area contributed by atoms with Gasteiger partial charge >= 0.3 is 0 Å². The molecule has 4 aromatic rings. The Morgan fingerprint density at radius 1 is 1.00 bits per heavy atom. The fraction of sp³-hybridized carbons (Fsp3) is 0.0952. The Morgan fingerprint density at radius 2 is 1.77 bits per heavy atom. The van der Waals surface area contributed by atoms with Gasteiger partial charge in [-0.3, -0.25) is 9.78 Å². The van der Waals surface area contributed by atoms with E-state index in [0.717, 1.165) is 22.5 Å². The van der Waals surface area contributed by atoms with Gasteiger partial charge in [0.15, 0.2) is 0 Å². The summed E-state index contributed by atoms with van der Waals surface area (Å²) >= 11 is 0. The number of nitrogens with zero attached hydrogens (tertiary/aromatic N) is 3. The molecule has 26 heavy (non-hydrogen) atoms. The Bertz CT molecular complexity index is 1040. The lowest BCUT2D eigenvalue weighted by atomic mass is 10.1. The summed E-state index contributed by atoms with van der Waals surface area (Å²) < 4.78 is 1.88. The van der Waals surface area contributed by atoms with E-state index in [1.165, 1.54) is 0 Å². The fourth-order valence-electron chi connectivity index (χ4n) is 2.89. The molecule has 0 aliphatic rings. The number of hydrogen-bond donors (Lipinski definition) is 1. The largest absolute Gasteiger partial charge is 0.345 e. The summed E-state index contributed by atoms with van der Waals surface area (Å²) in [7, 11) is 0. The lowest BCUT2D eigenvalue weighted by Crippen LogP contribution is -2.26. The molecule has 0 aliphatic carbocycles. The van der Waals surface area contributed by atoms with Gasteiger partial charge in [0.05, 0.1) is 17.3 Å². The molecular weight excluding hydrogens is 324 g/mol. The highest BCUT2D eigenvalue weighted by atomic mass is 16.1. The number of carbonyl (C=O) groups excluding carboxylic acids is 1. The van der Waals surface area contributed by atoms with Crippen molar-refractivity contribution in [2.45, 2.75) is 13.0 Å². The van der Waals surface area contributed by atoms with Crippen LogP contribution in [-0.2, 0) is 0 Å². The summed E-state index contributed by atoms with van der Waals surface area (Å²) in [4.78, 5) is 21.2. The van der Waals surface area contributed by atoms with Crippen molar-refractivity contribution in [2.24, 2.45) is 0 Å². The normalized spacial score (nSPS) is 12.0. The standard InChI is InChI=1S/C21H18N4O/c1-15(16-9-11-22-12-10-16)23-21(26)18-7-8-20-24-19(14-25(20)13-18)17-5-3-2-4-6-17/h2-15H,1H3,(H,23,26). The molecule has 4 rings (SSSR count). The van der Waals surface area contributed by atoms with Crippen molar-refractivity contribution in [3.05, 3.63) is 90.5 Å². The minimum Gasteiger partial charge on any atom is -0.345 e. The van der Waals surface area contributed by atoms with E-state index in [9.17, 15) is 4.79 Å². The molecule has 0 saturated carbocycles. The Hall–Kier alpha value is -3.47. The number of amides is 1. The van der Waals surface area contributed by atoms with Crippen LogP contribution >= 0.6 is 0 Å². The molecule has 0 fully saturated rings. The van der Waals surface area contributed by atoms with E-state index in [2.05, 4.69) is 15.3 Å². The first-order valence-electron chi connectivity index (χ1n) is 8.46. The van der Waals surface area contributed by atoms with Crippen LogP contribution in [0.4, 0.5) is 0 Å². The topological polar surface area (TPSA) is 59.3 Å². The number of fused-ring (bicyclic) bond motifs is 1. The van der Waals surface area contributed by atoms with E-state index in [4.69, 9.17) is 0 Å². The highest BCUT2D eigenvalue weighted by molar-refractivity contribution is 5.94. The average Bonchev–Trinajstić information content (AvgIpc) is 3.12. The van der Waals surface area contributed by atoms with Crippen molar-refractivity contribution in [3.8, 4) is 11.3 Å². The highest BCUT2D eigenvalue weighted by Gasteiger charge is 2.13. The van der Waals surface area contributed by atoms with Crippen LogP contribution in [-0.4, -0.2) is 20.3 Å². The van der Waals surface area contributed by atoms with E-state index >= 15 is 0 Å². The first-order chi connectivity index (χ1) is 12.7. The van der Waals surface area contributed by atoms with Crippen molar-refractivity contribution in [3.63, 3.8) is 0 Å². The molecule has 1 N–H and O–H groups in total. The Kier molecular flexibility index (Phi) is 4.19. The smallest absolute Gasteiger partial charge is 0.253 e. The van der Waals surface area contributed by atoms with Gasteiger partial charge in [0.25, 0.3) is 5.91 Å². The maximum atomic E-state index is 12.6. The number of rotatable bonds is 4. The molecule has 1 unspecified atom stereocenters. The zero-order chi connectivity index (χ0) is 17.9. The van der Waals surface area contributed by atoms with E-state index in [0.29, 0.717) is 5.56 Å². The van der Waals surface area contributed by atoms with Gasteiger partial charge in [-0.2, -0.15) is 0 Å². The Labute approximate surface area is 151 Å². The molecule has 5 heteroatoms. The molecule has 0 bridgehead atoms. The summed E-state index contributed by atoms with van der Waals surface area (Å²) in [5.74, 6) is -0.119. The molecule has 3 heterocycles. The molecule has 128 valence electrons. The summed E-state index contributed by atoms with van der Waals surface area (Å²) in [5, 5.41) is 3.02. The summed E-state index contributed by atoms with van der Waals surface area (Å²) in [6.07, 6.45) is 7.19. The molecule has 0 saturated heterocycles. The van der Waals surface area contributed by atoms with Crippen molar-refractivity contribution < 1.29 is 4.79 Å². The quantitative estimate of drug-likeness (QED) is 0.612. The summed E-state index contributed by atoms with van der Waals surface area (Å²) in [6.45, 7) is 1.95. The summed E-state index contributed by atoms with van der Waals surface area (Å²) in [5.41, 5.74) is 4.35. The van der Waals surface area contributed by atoms with E-state index in [1.807, 2.05) is 72.2 Å². The van der Waals surface area contributed by atoms with Crippen LogP contribution in [0.5, 0.6) is 0 Å². The van der Waals surface area contributed by atoms with E-state index < -0.39 is 0 Å². The lowest BCUT2D eigenvalue weighted by Gasteiger charge is -2.14. The predicted molar refractivity (Wildman–Crippen MR) is 101 cm³/mol. The summed E-state index contributed by atoms with van der Waals surface area (Å²) in [6, 6.07) is 17.3. The molecule has 0 radical (unpaired) electrons. The first-order valence-corrected chi connectivity index (χ1v) is 8.46. The molecule has 1 aromatic carbocycles. The number of carbonyl (C=O) groups is 1. The van der Waals surface area contributed by atoms with Crippen molar-refractivity contribution in [2.75, 3.05) is 0 Å². The van der Waals surface area contributed by atoms with Gasteiger partial charge < -0.3 is 9.72 Å². The third kappa shape index (κ3) is 3.19. The number of hydrogen-bond acceptors (Lipinski definition) is 3. The zero-order valence-corrected chi connectivity index (χ0v) is 14.3. The first kappa shape index (κ1) is 16.0. The van der Waals surface area contributed by atoms with Crippen LogP contribution < -0.4 is 5.32 Å². The number of nitrogens with one attached hydrogen (secondary N) is 1. The Morgan fingerprint density at radius 3 is 2.54 bits per heavy atom. The highest BCUT2D eigenvalue weighted by Crippen LogP contribution is 2.19. The minimum absolute atomic E-state index is 0.0936. The molecule has 0 spiro atoms. The Balaban J connectivity index is 1.58. The third-order valence-electron chi connectivity index (χ3n) is 4.34. The van der Waals surface area contributed by atoms with E-state index in [1.54, 1.807) is 18.5 Å². The van der Waals surface area contributed by atoms with Gasteiger partial charge in [0.2, 0.25) is 0 Å². The SMILES string of the molecule is CC(NC(=O)c1ccc2nc(-c3ccccc3)cn2c1)c1ccncc1. The van der Waals surface area contributed by atoms with Crippen molar-refractivity contribution in [1.29, 1.82) is 0 Å². The number of aromatic nitrogens is 3. The zero-order valence-electron chi connectivity index (χ0n) is 14.3. The van der Waals surface area contributed by atoms with Crippen LogP contribution in [0.3, 0.4) is 0 Å². The van der Waals surface area contributed by atoms with Gasteiger partial charge in [-0.1, -0.05) is 30.3 Å². The average molecular weight is 342 g/mol. The lowest BCUT2D eigenvalue weighted by molar-refractivity contribution is 0.0939. The van der Waals surface area contributed by atoms with Crippen LogP contribution in [0.1, 0.15) is 28.9 Å². The van der Waals surface area contributed by atoms with Crippen LogP contribution in [0.15, 0.2) is 79.4 Å². The second kappa shape index (κ2) is 6.80. The monoisotopic (exact) mass is 342 g/mol. The van der Waals surface area contributed by atoms with E-state index in [-0.39, 0.29) is 11.9 Å². The third-order valence-corrected chi connectivity index (χ3v) is 4.34. The van der Waals surface area contributed by atoms with Gasteiger partial charge in [-0.15, -0.1) is 0 Å². The number of pyridine rings is 2. The maximum absolute atomic E-state index is 12.6. The van der Waals surface area contributed by atoms with Crippen molar-refractivity contribution in [1.82, 2.24) is 19.7 Å². The molecule has 1 amide bonds. The van der Waals surface area contributed by atoms with Gasteiger partial charge in [0, 0.05) is 30.4 Å². The van der Waals surface area contributed by atoms with Crippen LogP contribution in [0.25, 0.3) is 16.9 Å². The maximum Gasteiger partial charge on any atom is 0.253 e. The molecule has 1 atom stereocenters. The van der Waals surface area contributed by atoms with Gasteiger partial charge in [-0.05, 0) is 36.8 Å². The number of imidazole rings is 1. The molecule has 0 aliphatic heterocycles. The van der Waals surface area contributed by atoms with Gasteiger partial charge in [0.1, 0.15) is 5.65 Å². The van der Waals surface area contributed by atoms with Crippen molar-refractivity contribution >= 4 is 11.6 Å². The molecule has 3 aromatic heterocycles. The molecule has 5 nitrogen and oxygen atoms in total. The van der Waals surface area contributed by atoms with Crippen LogP contribution in [0.2, 0.25) is 0 Å². The molecular formula is C21H18N4O. The second-order valence-electron chi connectivity index (χ2n) is 6.15. The fourth-order valence-corrected chi connectivity index (χ4v) is 2.89. The predicted octanol–water partition coefficient (Wildman–Crippen LogP) is 3.89. The second-order valence-corrected chi connectivity index (χ2v) is 6.15.